The Bertz CT molecular complexity index is 808. The first kappa shape index (κ1) is 20.7. The minimum Gasteiger partial charge on any atom is -0.352 e. The summed E-state index contributed by atoms with van der Waals surface area (Å²) in [6.45, 7) is 0.0158. The third-order valence-electron chi connectivity index (χ3n) is 3.69. The molecule has 0 atom stereocenters. The molecule has 6 nitrogen and oxygen atoms in total. The molecule has 2 rings (SSSR count). The number of likely N-dealkylation sites (N-methyl/N-ethyl adjacent to an activating group) is 1. The number of hydrogen-bond donors (Lipinski definition) is 2. The Morgan fingerprint density at radius 1 is 0.963 bits per heavy atom. The van der Waals surface area contributed by atoms with Crippen molar-refractivity contribution in [3.63, 3.8) is 0 Å². The van der Waals surface area contributed by atoms with Crippen LogP contribution in [-0.4, -0.2) is 42.8 Å². The Kier molecular flexibility index (Phi) is 7.64. The second-order valence-electron chi connectivity index (χ2n) is 5.77. The van der Waals surface area contributed by atoms with Crippen molar-refractivity contribution in [2.75, 3.05) is 25.5 Å². The van der Waals surface area contributed by atoms with Gasteiger partial charge < -0.3 is 15.5 Å². The molecule has 0 aromatic heterocycles. The van der Waals surface area contributed by atoms with Gasteiger partial charge >= 0.3 is 0 Å². The summed E-state index contributed by atoms with van der Waals surface area (Å²) in [5, 5.41) is 5.89. The topological polar surface area (TPSA) is 78.5 Å². The molecule has 27 heavy (non-hydrogen) atoms. The van der Waals surface area contributed by atoms with Gasteiger partial charge in [-0.05, 0) is 24.3 Å². The molecule has 0 saturated carbocycles. The first-order valence-corrected chi connectivity index (χ1v) is 8.95. The molecule has 8 heteroatoms. The number of amides is 3. The van der Waals surface area contributed by atoms with Crippen LogP contribution in [0.5, 0.6) is 0 Å². The van der Waals surface area contributed by atoms with Crippen LogP contribution in [0, 0.1) is 0 Å². The van der Waals surface area contributed by atoms with Gasteiger partial charge in [-0.1, -0.05) is 47.5 Å². The zero-order chi connectivity index (χ0) is 19.8. The van der Waals surface area contributed by atoms with Crippen LogP contribution in [0.4, 0.5) is 5.69 Å². The Morgan fingerprint density at radius 2 is 1.59 bits per heavy atom. The van der Waals surface area contributed by atoms with Crippen LogP contribution in [0.3, 0.4) is 0 Å². The second-order valence-corrected chi connectivity index (χ2v) is 6.58. The van der Waals surface area contributed by atoms with E-state index in [0.717, 1.165) is 0 Å². The van der Waals surface area contributed by atoms with Crippen molar-refractivity contribution in [2.45, 2.75) is 6.42 Å². The molecular weight excluding hydrogens is 389 g/mol. The molecular formula is C19H19Cl2N3O3. The summed E-state index contributed by atoms with van der Waals surface area (Å²) in [5.74, 6) is -0.949. The fourth-order valence-corrected chi connectivity index (χ4v) is 2.76. The fourth-order valence-electron chi connectivity index (χ4n) is 2.27. The van der Waals surface area contributed by atoms with E-state index in [1.165, 1.54) is 11.9 Å². The maximum atomic E-state index is 12.1. The van der Waals surface area contributed by atoms with E-state index < -0.39 is 5.91 Å². The number of carbonyl (C=O) groups excluding carboxylic acids is 3. The lowest BCUT2D eigenvalue weighted by atomic mass is 10.2. The predicted octanol–water partition coefficient (Wildman–Crippen LogP) is 3.21. The molecule has 0 aliphatic heterocycles. The van der Waals surface area contributed by atoms with Crippen LogP contribution in [0.25, 0.3) is 0 Å². The molecule has 0 unspecified atom stereocenters. The number of halogens is 2. The van der Waals surface area contributed by atoms with Crippen molar-refractivity contribution in [3.8, 4) is 0 Å². The maximum absolute atomic E-state index is 12.1. The number of anilines is 1. The molecule has 0 fully saturated rings. The average Bonchev–Trinajstić information content (AvgIpc) is 2.65. The molecule has 3 amide bonds. The largest absolute Gasteiger partial charge is 0.352 e. The molecule has 0 heterocycles. The van der Waals surface area contributed by atoms with E-state index in [1.807, 2.05) is 6.07 Å². The quantitative estimate of drug-likeness (QED) is 0.739. The van der Waals surface area contributed by atoms with Crippen molar-refractivity contribution >= 4 is 46.6 Å². The van der Waals surface area contributed by atoms with Gasteiger partial charge in [-0.3, -0.25) is 14.4 Å². The number of para-hydroxylation sites is 1. The van der Waals surface area contributed by atoms with Gasteiger partial charge in [-0.25, -0.2) is 0 Å². The smallest absolute Gasteiger partial charge is 0.251 e. The highest BCUT2D eigenvalue weighted by Crippen LogP contribution is 2.29. The van der Waals surface area contributed by atoms with E-state index in [4.69, 9.17) is 23.2 Å². The lowest BCUT2D eigenvalue weighted by Crippen LogP contribution is -2.37. The summed E-state index contributed by atoms with van der Waals surface area (Å²) in [5.41, 5.74) is 0.830. The lowest BCUT2D eigenvalue weighted by molar-refractivity contribution is -0.133. The molecule has 0 bridgehead atoms. The van der Waals surface area contributed by atoms with Gasteiger partial charge in [0.25, 0.3) is 5.91 Å². The van der Waals surface area contributed by atoms with Crippen molar-refractivity contribution in [1.82, 2.24) is 10.2 Å². The first-order chi connectivity index (χ1) is 12.9. The number of rotatable bonds is 7. The summed E-state index contributed by atoms with van der Waals surface area (Å²) >= 11 is 12.0. The molecule has 2 aromatic rings. The Labute approximate surface area is 167 Å². The molecule has 2 N–H and O–H groups in total. The standard InChI is InChI=1S/C19H19Cl2N3O3/c1-24(12-16(25)23-18-14(20)8-5-9-15(18)21)17(26)10-11-22-19(27)13-6-3-2-4-7-13/h2-9H,10-12H2,1H3,(H,22,27)(H,23,25). The Hall–Kier alpha value is -2.57. The summed E-state index contributed by atoms with van der Waals surface area (Å²) in [4.78, 5) is 37.4. The van der Waals surface area contributed by atoms with E-state index in [2.05, 4.69) is 10.6 Å². The van der Waals surface area contributed by atoms with Gasteiger partial charge in [0, 0.05) is 25.6 Å². The lowest BCUT2D eigenvalue weighted by Gasteiger charge is -2.17. The average molecular weight is 408 g/mol. The SMILES string of the molecule is CN(CC(=O)Nc1c(Cl)cccc1Cl)C(=O)CCNC(=O)c1ccccc1. The van der Waals surface area contributed by atoms with Crippen LogP contribution in [0.15, 0.2) is 48.5 Å². The predicted molar refractivity (Wildman–Crippen MR) is 106 cm³/mol. The number of nitrogens with zero attached hydrogens (tertiary/aromatic N) is 1. The number of carbonyl (C=O) groups is 3. The van der Waals surface area contributed by atoms with Crippen LogP contribution in [0.2, 0.25) is 10.0 Å². The summed E-state index contributed by atoms with van der Waals surface area (Å²) in [7, 11) is 1.51. The third kappa shape index (κ3) is 6.27. The molecule has 0 aliphatic rings. The van der Waals surface area contributed by atoms with Gasteiger partial charge in [0.05, 0.1) is 22.3 Å². The van der Waals surface area contributed by atoms with Crippen molar-refractivity contribution in [1.29, 1.82) is 0 Å². The van der Waals surface area contributed by atoms with Crippen molar-refractivity contribution in [2.24, 2.45) is 0 Å². The van der Waals surface area contributed by atoms with Gasteiger partial charge in [-0.15, -0.1) is 0 Å². The third-order valence-corrected chi connectivity index (χ3v) is 4.32. The van der Waals surface area contributed by atoms with E-state index >= 15 is 0 Å². The molecule has 2 aromatic carbocycles. The van der Waals surface area contributed by atoms with Crippen LogP contribution < -0.4 is 10.6 Å². The first-order valence-electron chi connectivity index (χ1n) is 8.19. The molecule has 0 radical (unpaired) electrons. The normalized spacial score (nSPS) is 10.2. The van der Waals surface area contributed by atoms with Gasteiger partial charge in [0.1, 0.15) is 0 Å². The summed E-state index contributed by atoms with van der Waals surface area (Å²) in [6, 6.07) is 13.6. The zero-order valence-electron chi connectivity index (χ0n) is 14.7. The van der Waals surface area contributed by atoms with Crippen molar-refractivity contribution in [3.05, 3.63) is 64.1 Å². The van der Waals surface area contributed by atoms with Gasteiger partial charge in [-0.2, -0.15) is 0 Å². The molecule has 0 spiro atoms. The van der Waals surface area contributed by atoms with E-state index in [0.29, 0.717) is 21.3 Å². The zero-order valence-corrected chi connectivity index (χ0v) is 16.2. The molecule has 142 valence electrons. The highest BCUT2D eigenvalue weighted by Gasteiger charge is 2.15. The minimum atomic E-state index is -0.422. The second kappa shape index (κ2) is 9.94. The van der Waals surface area contributed by atoms with E-state index in [1.54, 1.807) is 42.5 Å². The highest BCUT2D eigenvalue weighted by atomic mass is 35.5. The summed E-state index contributed by atoms with van der Waals surface area (Å²) < 4.78 is 0. The van der Waals surface area contributed by atoms with Crippen LogP contribution in [0.1, 0.15) is 16.8 Å². The number of nitrogens with one attached hydrogen (secondary N) is 2. The number of benzene rings is 2. The maximum Gasteiger partial charge on any atom is 0.251 e. The van der Waals surface area contributed by atoms with Gasteiger partial charge in [0.2, 0.25) is 11.8 Å². The van der Waals surface area contributed by atoms with Crippen LogP contribution >= 0.6 is 23.2 Å². The monoisotopic (exact) mass is 407 g/mol. The van der Waals surface area contributed by atoms with E-state index in [-0.39, 0.29) is 31.3 Å². The van der Waals surface area contributed by atoms with E-state index in [9.17, 15) is 14.4 Å². The van der Waals surface area contributed by atoms with Crippen LogP contribution in [-0.2, 0) is 9.59 Å². The van der Waals surface area contributed by atoms with Crippen molar-refractivity contribution < 1.29 is 14.4 Å². The minimum absolute atomic E-state index is 0.0786. The fraction of sp³-hybridized carbons (Fsp3) is 0.211. The Balaban J connectivity index is 1.78. The Morgan fingerprint density at radius 3 is 2.22 bits per heavy atom. The summed E-state index contributed by atoms with van der Waals surface area (Å²) in [6.07, 6.45) is 0.0786. The highest BCUT2D eigenvalue weighted by molar-refractivity contribution is 6.39. The van der Waals surface area contributed by atoms with Gasteiger partial charge in [0.15, 0.2) is 0 Å². The number of hydrogen-bond acceptors (Lipinski definition) is 3. The molecule has 0 saturated heterocycles. The molecule has 0 aliphatic carbocycles.